The van der Waals surface area contributed by atoms with Gasteiger partial charge in [-0.2, -0.15) is 8.78 Å². The third kappa shape index (κ3) is 9.02. The third-order valence-electron chi connectivity index (χ3n) is 4.25. The van der Waals surface area contributed by atoms with E-state index in [1.165, 1.54) is 50.7 Å². The Balaban J connectivity index is 0.00000312. The molecule has 1 saturated carbocycles. The lowest BCUT2D eigenvalue weighted by molar-refractivity contribution is -0.120. The van der Waals surface area contributed by atoms with Crippen LogP contribution in [-0.4, -0.2) is 31.7 Å². The molecule has 7 heteroatoms. The van der Waals surface area contributed by atoms with Gasteiger partial charge >= 0.3 is 6.61 Å². The second kappa shape index (κ2) is 12.0. The van der Waals surface area contributed by atoms with Gasteiger partial charge < -0.3 is 15.4 Å². The normalized spacial score (nSPS) is 15.3. The summed E-state index contributed by atoms with van der Waals surface area (Å²) in [6.45, 7) is -1.46. The molecule has 0 bridgehead atoms. The van der Waals surface area contributed by atoms with Crippen LogP contribution >= 0.6 is 12.4 Å². The molecule has 1 aliphatic carbocycles. The molecule has 0 unspecified atom stereocenters. The number of rotatable bonds is 8. The summed E-state index contributed by atoms with van der Waals surface area (Å²) >= 11 is 0. The molecule has 142 valence electrons. The molecule has 0 aliphatic heterocycles. The van der Waals surface area contributed by atoms with E-state index in [-0.39, 0.29) is 30.5 Å². The zero-order chi connectivity index (χ0) is 17.2. The van der Waals surface area contributed by atoms with Gasteiger partial charge in [-0.25, -0.2) is 0 Å². The molecular formula is C18H27ClF2N2O2. The van der Waals surface area contributed by atoms with Gasteiger partial charge in [0, 0.05) is 19.1 Å². The summed E-state index contributed by atoms with van der Waals surface area (Å²) in [4.78, 5) is 11.9. The molecular weight excluding hydrogens is 350 g/mol. The van der Waals surface area contributed by atoms with Gasteiger partial charge in [0.05, 0.1) is 6.42 Å². The number of ether oxygens (including phenoxy) is 1. The molecule has 1 aliphatic rings. The zero-order valence-electron chi connectivity index (χ0n) is 14.3. The minimum Gasteiger partial charge on any atom is -0.435 e. The summed E-state index contributed by atoms with van der Waals surface area (Å²) in [5, 5.41) is 6.38. The van der Waals surface area contributed by atoms with Gasteiger partial charge in [-0.1, -0.05) is 37.8 Å². The van der Waals surface area contributed by atoms with Crippen LogP contribution in [0.3, 0.4) is 0 Å². The molecule has 0 saturated heterocycles. The highest BCUT2D eigenvalue weighted by atomic mass is 35.5. The first-order valence-electron chi connectivity index (χ1n) is 8.67. The van der Waals surface area contributed by atoms with Crippen LogP contribution in [0.4, 0.5) is 8.78 Å². The Morgan fingerprint density at radius 1 is 1.08 bits per heavy atom. The minimum atomic E-state index is -2.83. The van der Waals surface area contributed by atoms with Crippen molar-refractivity contribution in [3.63, 3.8) is 0 Å². The molecule has 0 radical (unpaired) electrons. The van der Waals surface area contributed by atoms with E-state index in [1.807, 2.05) is 0 Å². The van der Waals surface area contributed by atoms with Gasteiger partial charge in [-0.15, -0.1) is 12.4 Å². The highest BCUT2D eigenvalue weighted by molar-refractivity contribution is 5.85. The number of alkyl halides is 2. The van der Waals surface area contributed by atoms with E-state index in [1.54, 1.807) is 12.1 Å². The summed E-state index contributed by atoms with van der Waals surface area (Å²) in [6, 6.07) is 6.72. The second-order valence-corrected chi connectivity index (χ2v) is 6.19. The van der Waals surface area contributed by atoms with E-state index >= 15 is 0 Å². The van der Waals surface area contributed by atoms with E-state index in [2.05, 4.69) is 15.4 Å². The van der Waals surface area contributed by atoms with Crippen molar-refractivity contribution in [1.82, 2.24) is 10.6 Å². The molecule has 1 fully saturated rings. The van der Waals surface area contributed by atoms with Crippen LogP contribution < -0.4 is 15.4 Å². The predicted octanol–water partition coefficient (Wildman–Crippen LogP) is 3.68. The minimum absolute atomic E-state index is 0. The molecule has 1 aromatic carbocycles. The molecule has 1 aromatic rings. The van der Waals surface area contributed by atoms with Crippen LogP contribution in [-0.2, 0) is 11.2 Å². The molecule has 4 nitrogen and oxygen atoms in total. The van der Waals surface area contributed by atoms with Crippen molar-refractivity contribution < 1.29 is 18.3 Å². The third-order valence-corrected chi connectivity index (χ3v) is 4.25. The van der Waals surface area contributed by atoms with Crippen LogP contribution in [0.5, 0.6) is 5.75 Å². The van der Waals surface area contributed by atoms with Crippen LogP contribution in [0.2, 0.25) is 0 Å². The van der Waals surface area contributed by atoms with Gasteiger partial charge in [0.15, 0.2) is 0 Å². The Labute approximate surface area is 154 Å². The van der Waals surface area contributed by atoms with Gasteiger partial charge in [0.2, 0.25) is 5.91 Å². The van der Waals surface area contributed by atoms with Gasteiger partial charge in [0.1, 0.15) is 5.75 Å². The highest BCUT2D eigenvalue weighted by Crippen LogP contribution is 2.17. The number of nitrogens with one attached hydrogen (secondary N) is 2. The number of amides is 1. The van der Waals surface area contributed by atoms with E-state index in [0.29, 0.717) is 12.6 Å². The fourth-order valence-corrected chi connectivity index (χ4v) is 3.00. The summed E-state index contributed by atoms with van der Waals surface area (Å²) < 4.78 is 28.4. The Hall–Kier alpha value is -1.40. The number of hydrogen-bond acceptors (Lipinski definition) is 3. The van der Waals surface area contributed by atoms with Crippen molar-refractivity contribution >= 4 is 18.3 Å². The van der Waals surface area contributed by atoms with Crippen molar-refractivity contribution in [2.75, 3.05) is 13.1 Å². The molecule has 0 atom stereocenters. The lowest BCUT2D eigenvalue weighted by Crippen LogP contribution is -2.37. The standard InChI is InChI=1S/C18H26F2N2O2.ClH/c19-18(20)24-16-9-7-14(8-10-16)13-17(23)22-12-11-21-15-5-3-1-2-4-6-15;/h7-10,15,18,21H,1-6,11-13H2,(H,22,23);1H. The smallest absolute Gasteiger partial charge is 0.387 e. The molecule has 1 amide bonds. The SMILES string of the molecule is Cl.O=C(Cc1ccc(OC(F)F)cc1)NCCNC1CCCCCC1. The van der Waals surface area contributed by atoms with Crippen molar-refractivity contribution in [1.29, 1.82) is 0 Å². The van der Waals surface area contributed by atoms with Crippen molar-refractivity contribution in [3.8, 4) is 5.75 Å². The van der Waals surface area contributed by atoms with Gasteiger partial charge in [-0.3, -0.25) is 4.79 Å². The van der Waals surface area contributed by atoms with Crippen LogP contribution in [0.1, 0.15) is 44.1 Å². The van der Waals surface area contributed by atoms with E-state index in [4.69, 9.17) is 0 Å². The first-order valence-corrected chi connectivity index (χ1v) is 8.67. The maximum Gasteiger partial charge on any atom is 0.387 e. The monoisotopic (exact) mass is 376 g/mol. The first-order chi connectivity index (χ1) is 11.6. The van der Waals surface area contributed by atoms with E-state index < -0.39 is 6.61 Å². The van der Waals surface area contributed by atoms with Crippen molar-refractivity contribution in [2.45, 2.75) is 57.6 Å². The predicted molar refractivity (Wildman–Crippen MR) is 96.5 cm³/mol. The number of benzene rings is 1. The zero-order valence-corrected chi connectivity index (χ0v) is 15.1. The Bertz CT molecular complexity index is 492. The quantitative estimate of drug-likeness (QED) is 0.537. The largest absolute Gasteiger partial charge is 0.435 e. The summed E-state index contributed by atoms with van der Waals surface area (Å²) in [5.41, 5.74) is 0.769. The summed E-state index contributed by atoms with van der Waals surface area (Å²) in [6.07, 6.45) is 7.91. The highest BCUT2D eigenvalue weighted by Gasteiger charge is 2.11. The summed E-state index contributed by atoms with van der Waals surface area (Å²) in [5.74, 6) is 0.0296. The summed E-state index contributed by atoms with van der Waals surface area (Å²) in [7, 11) is 0. The van der Waals surface area contributed by atoms with E-state index in [9.17, 15) is 13.6 Å². The maximum absolute atomic E-state index is 12.1. The Kier molecular flexibility index (Phi) is 10.4. The fraction of sp³-hybridized carbons (Fsp3) is 0.611. The maximum atomic E-state index is 12.1. The molecule has 0 spiro atoms. The number of carbonyl (C=O) groups excluding carboxylic acids is 1. The number of carbonyl (C=O) groups is 1. The lowest BCUT2D eigenvalue weighted by Gasteiger charge is -2.16. The fourth-order valence-electron chi connectivity index (χ4n) is 3.00. The average molecular weight is 377 g/mol. The van der Waals surface area contributed by atoms with Crippen molar-refractivity contribution in [3.05, 3.63) is 29.8 Å². The molecule has 2 N–H and O–H groups in total. The number of halogens is 3. The first kappa shape index (κ1) is 21.6. The van der Waals surface area contributed by atoms with Crippen LogP contribution in [0.15, 0.2) is 24.3 Å². The van der Waals surface area contributed by atoms with Gasteiger partial charge in [0.25, 0.3) is 0 Å². The molecule has 0 aromatic heterocycles. The molecule has 25 heavy (non-hydrogen) atoms. The van der Waals surface area contributed by atoms with Crippen LogP contribution in [0.25, 0.3) is 0 Å². The van der Waals surface area contributed by atoms with Crippen LogP contribution in [0, 0.1) is 0 Å². The molecule has 0 heterocycles. The number of hydrogen-bond donors (Lipinski definition) is 2. The van der Waals surface area contributed by atoms with E-state index in [0.717, 1.165) is 12.1 Å². The topological polar surface area (TPSA) is 50.4 Å². The van der Waals surface area contributed by atoms with Gasteiger partial charge in [-0.05, 0) is 30.5 Å². The second-order valence-electron chi connectivity index (χ2n) is 6.19. The lowest BCUT2D eigenvalue weighted by atomic mass is 10.1. The van der Waals surface area contributed by atoms with Crippen molar-refractivity contribution in [2.24, 2.45) is 0 Å². The molecule has 2 rings (SSSR count). The average Bonchev–Trinajstić information content (AvgIpc) is 2.82. The Morgan fingerprint density at radius 2 is 1.72 bits per heavy atom. The Morgan fingerprint density at radius 3 is 2.32 bits per heavy atom.